The van der Waals surface area contributed by atoms with Crippen molar-refractivity contribution in [1.29, 1.82) is 0 Å². The van der Waals surface area contributed by atoms with Crippen LogP contribution in [-0.2, 0) is 9.59 Å². The van der Waals surface area contributed by atoms with Crippen LogP contribution in [0.2, 0.25) is 0 Å². The van der Waals surface area contributed by atoms with Crippen molar-refractivity contribution in [3.8, 4) is 0 Å². The third-order valence-electron chi connectivity index (χ3n) is 3.69. The van der Waals surface area contributed by atoms with E-state index < -0.39 is 5.97 Å². The van der Waals surface area contributed by atoms with Gasteiger partial charge in [0, 0.05) is 18.8 Å². The van der Waals surface area contributed by atoms with E-state index in [9.17, 15) is 9.59 Å². The fourth-order valence-electron chi connectivity index (χ4n) is 2.48. The molecule has 0 radical (unpaired) electrons. The Morgan fingerprint density at radius 1 is 1.44 bits per heavy atom. The van der Waals surface area contributed by atoms with E-state index in [2.05, 4.69) is 20.8 Å². The summed E-state index contributed by atoms with van der Waals surface area (Å²) in [4.78, 5) is 22.2. The lowest BCUT2D eigenvalue weighted by Gasteiger charge is -2.36. The van der Waals surface area contributed by atoms with Crippen molar-refractivity contribution in [3.63, 3.8) is 0 Å². The van der Waals surface area contributed by atoms with Crippen LogP contribution in [-0.4, -0.2) is 16.9 Å². The average molecular weight is 226 g/mol. The second kappa shape index (κ2) is 4.98. The Bertz CT molecular complexity index is 275. The Kier molecular flexibility index (Phi) is 4.11. The van der Waals surface area contributed by atoms with Crippen LogP contribution in [0, 0.1) is 17.3 Å². The SMILES string of the molecule is CC(C)(C)[C@@H]1CCC(=O)[C@@H](CCC(=O)O)C1. The van der Waals surface area contributed by atoms with Gasteiger partial charge in [-0.15, -0.1) is 0 Å². The lowest BCUT2D eigenvalue weighted by Crippen LogP contribution is -2.32. The predicted molar refractivity (Wildman–Crippen MR) is 62.2 cm³/mol. The first-order valence-corrected chi connectivity index (χ1v) is 6.05. The number of hydrogen-bond donors (Lipinski definition) is 1. The number of carboxylic acid groups (broad SMARTS) is 1. The van der Waals surface area contributed by atoms with Crippen LogP contribution < -0.4 is 0 Å². The highest BCUT2D eigenvalue weighted by atomic mass is 16.4. The molecule has 1 aliphatic rings. The number of ketones is 1. The summed E-state index contributed by atoms with van der Waals surface area (Å²) in [5, 5.41) is 8.64. The van der Waals surface area contributed by atoms with E-state index >= 15 is 0 Å². The maximum Gasteiger partial charge on any atom is 0.303 e. The van der Waals surface area contributed by atoms with Crippen molar-refractivity contribution in [2.24, 2.45) is 17.3 Å². The molecule has 3 nitrogen and oxygen atoms in total. The van der Waals surface area contributed by atoms with Crippen LogP contribution in [0.15, 0.2) is 0 Å². The molecule has 0 saturated heterocycles. The molecule has 0 unspecified atom stereocenters. The van der Waals surface area contributed by atoms with Crippen LogP contribution >= 0.6 is 0 Å². The summed E-state index contributed by atoms with van der Waals surface area (Å²) in [7, 11) is 0. The van der Waals surface area contributed by atoms with Gasteiger partial charge in [0.2, 0.25) is 0 Å². The monoisotopic (exact) mass is 226 g/mol. The van der Waals surface area contributed by atoms with Crippen molar-refractivity contribution < 1.29 is 14.7 Å². The Morgan fingerprint density at radius 2 is 2.06 bits per heavy atom. The molecule has 0 aliphatic heterocycles. The quantitative estimate of drug-likeness (QED) is 0.805. The zero-order valence-corrected chi connectivity index (χ0v) is 10.5. The molecular weight excluding hydrogens is 204 g/mol. The van der Waals surface area contributed by atoms with Gasteiger partial charge in [0.1, 0.15) is 5.78 Å². The van der Waals surface area contributed by atoms with Crippen LogP contribution in [0.5, 0.6) is 0 Å². The molecule has 1 fully saturated rings. The van der Waals surface area contributed by atoms with Gasteiger partial charge < -0.3 is 5.11 Å². The number of carboxylic acids is 1. The molecule has 0 spiro atoms. The van der Waals surface area contributed by atoms with Crippen LogP contribution in [0.3, 0.4) is 0 Å². The molecule has 16 heavy (non-hydrogen) atoms. The first kappa shape index (κ1) is 13.2. The number of rotatable bonds is 3. The molecule has 1 saturated carbocycles. The molecule has 0 heterocycles. The van der Waals surface area contributed by atoms with Gasteiger partial charge in [-0.05, 0) is 30.6 Å². The molecular formula is C13H22O3. The molecule has 1 N–H and O–H groups in total. The van der Waals surface area contributed by atoms with E-state index in [1.807, 2.05) is 0 Å². The Balaban J connectivity index is 2.55. The number of Topliss-reactive ketones (excluding diaryl/α,β-unsaturated/α-hetero) is 1. The van der Waals surface area contributed by atoms with E-state index in [0.717, 1.165) is 12.8 Å². The Hall–Kier alpha value is -0.860. The molecule has 0 aromatic heterocycles. The second-order valence-electron chi connectivity index (χ2n) is 5.93. The maximum atomic E-state index is 11.7. The molecule has 0 bridgehead atoms. The van der Waals surface area contributed by atoms with Crippen LogP contribution in [0.4, 0.5) is 0 Å². The van der Waals surface area contributed by atoms with Gasteiger partial charge in [0.15, 0.2) is 0 Å². The predicted octanol–water partition coefficient (Wildman–Crippen LogP) is 2.88. The van der Waals surface area contributed by atoms with Crippen molar-refractivity contribution >= 4 is 11.8 Å². The molecule has 0 amide bonds. The highest BCUT2D eigenvalue weighted by Gasteiger charge is 2.34. The highest BCUT2D eigenvalue weighted by Crippen LogP contribution is 2.40. The minimum Gasteiger partial charge on any atom is -0.481 e. The largest absolute Gasteiger partial charge is 0.481 e. The first-order valence-electron chi connectivity index (χ1n) is 6.05. The van der Waals surface area contributed by atoms with Gasteiger partial charge >= 0.3 is 5.97 Å². The van der Waals surface area contributed by atoms with Gasteiger partial charge in [-0.3, -0.25) is 9.59 Å². The summed E-state index contributed by atoms with van der Waals surface area (Å²) >= 11 is 0. The molecule has 92 valence electrons. The van der Waals surface area contributed by atoms with Gasteiger partial charge in [-0.2, -0.15) is 0 Å². The minimum absolute atomic E-state index is 0.0194. The minimum atomic E-state index is -0.800. The molecule has 1 rings (SSSR count). The lowest BCUT2D eigenvalue weighted by molar-refractivity contribution is -0.137. The van der Waals surface area contributed by atoms with Crippen LogP contribution in [0.25, 0.3) is 0 Å². The fraction of sp³-hybridized carbons (Fsp3) is 0.846. The summed E-state index contributed by atoms with van der Waals surface area (Å²) in [6.07, 6.45) is 3.10. The van der Waals surface area contributed by atoms with E-state index in [-0.39, 0.29) is 23.5 Å². The third kappa shape index (κ3) is 3.62. The zero-order chi connectivity index (χ0) is 12.3. The number of aliphatic carboxylic acids is 1. The smallest absolute Gasteiger partial charge is 0.303 e. The lowest BCUT2D eigenvalue weighted by atomic mass is 9.68. The summed E-state index contributed by atoms with van der Waals surface area (Å²) in [6.45, 7) is 6.59. The first-order chi connectivity index (χ1) is 7.30. The highest BCUT2D eigenvalue weighted by molar-refractivity contribution is 5.82. The number of carbonyl (C=O) groups is 2. The van der Waals surface area contributed by atoms with Crippen molar-refractivity contribution in [2.75, 3.05) is 0 Å². The summed E-state index contributed by atoms with van der Waals surface area (Å²) in [6, 6.07) is 0. The van der Waals surface area contributed by atoms with E-state index in [4.69, 9.17) is 5.11 Å². The van der Waals surface area contributed by atoms with Gasteiger partial charge in [-0.1, -0.05) is 20.8 Å². The molecule has 1 aliphatic carbocycles. The topological polar surface area (TPSA) is 54.4 Å². The van der Waals surface area contributed by atoms with Crippen molar-refractivity contribution in [2.45, 2.75) is 52.9 Å². The van der Waals surface area contributed by atoms with Gasteiger partial charge in [-0.25, -0.2) is 0 Å². The summed E-state index contributed by atoms with van der Waals surface area (Å²) in [5.41, 5.74) is 0.224. The van der Waals surface area contributed by atoms with Crippen molar-refractivity contribution in [3.05, 3.63) is 0 Å². The van der Waals surface area contributed by atoms with Crippen LogP contribution in [0.1, 0.15) is 52.9 Å². The van der Waals surface area contributed by atoms with E-state index in [0.29, 0.717) is 18.8 Å². The number of hydrogen-bond acceptors (Lipinski definition) is 2. The van der Waals surface area contributed by atoms with E-state index in [1.165, 1.54) is 0 Å². The fourth-order valence-corrected chi connectivity index (χ4v) is 2.48. The molecule has 2 atom stereocenters. The van der Waals surface area contributed by atoms with Gasteiger partial charge in [0.25, 0.3) is 0 Å². The normalized spacial score (nSPS) is 26.8. The summed E-state index contributed by atoms with van der Waals surface area (Å²) < 4.78 is 0. The number of carbonyl (C=O) groups excluding carboxylic acids is 1. The third-order valence-corrected chi connectivity index (χ3v) is 3.69. The summed E-state index contributed by atoms with van der Waals surface area (Å²) in [5.74, 6) is -0.00879. The Labute approximate surface area is 97.2 Å². The van der Waals surface area contributed by atoms with Crippen molar-refractivity contribution in [1.82, 2.24) is 0 Å². The Morgan fingerprint density at radius 3 is 2.56 bits per heavy atom. The molecule has 3 heteroatoms. The second-order valence-corrected chi connectivity index (χ2v) is 5.93. The average Bonchev–Trinajstić information content (AvgIpc) is 2.14. The standard InChI is InChI=1S/C13H22O3/c1-13(2,3)10-5-6-11(14)9(8-10)4-7-12(15)16/h9-10H,4-8H2,1-3H3,(H,15,16)/t9-,10+/m0/s1. The van der Waals surface area contributed by atoms with E-state index in [1.54, 1.807) is 0 Å². The molecule has 0 aromatic carbocycles. The van der Waals surface area contributed by atoms with Gasteiger partial charge in [0.05, 0.1) is 0 Å². The maximum absolute atomic E-state index is 11.7. The molecule has 0 aromatic rings. The zero-order valence-electron chi connectivity index (χ0n) is 10.5.